The summed E-state index contributed by atoms with van der Waals surface area (Å²) in [6, 6.07) is 25.3. The molecule has 3 heteroatoms. The van der Waals surface area contributed by atoms with Crippen LogP contribution in [-0.2, 0) is 13.1 Å². The minimum Gasteiger partial charge on any atom is -0.507 e. The number of nitrogens with one attached hydrogen (secondary N) is 2. The summed E-state index contributed by atoms with van der Waals surface area (Å²) < 4.78 is 0. The number of rotatable bonds is 8. The highest BCUT2D eigenvalue weighted by Crippen LogP contribution is 2.26. The number of hydrogen-bond acceptors (Lipinski definition) is 3. The first-order valence-electron chi connectivity index (χ1n) is 9.92. The molecular weight excluding hydrogens is 344 g/mol. The lowest BCUT2D eigenvalue weighted by atomic mass is 10.0. The van der Waals surface area contributed by atoms with Crippen molar-refractivity contribution in [2.75, 3.05) is 0 Å². The minimum absolute atomic E-state index is 0.223. The van der Waals surface area contributed by atoms with E-state index in [4.69, 9.17) is 0 Å². The summed E-state index contributed by atoms with van der Waals surface area (Å²) in [4.78, 5) is 0. The zero-order valence-electron chi connectivity index (χ0n) is 16.9. The molecule has 146 valence electrons. The van der Waals surface area contributed by atoms with Gasteiger partial charge in [-0.25, -0.2) is 0 Å². The molecular formula is C25H30N2O. The van der Waals surface area contributed by atoms with E-state index in [0.29, 0.717) is 18.8 Å². The summed E-state index contributed by atoms with van der Waals surface area (Å²) in [6.45, 7) is 7.63. The van der Waals surface area contributed by atoms with E-state index in [0.717, 1.165) is 16.7 Å². The number of phenolic OH excluding ortho intramolecular Hbond substituents is 1. The SMILES string of the molecule is Cc1cc(CN[C@@H](C)c2ccccc2)c(O)c(CN[C@H](C)c2ccccc2)c1. The number of hydrogen-bond donors (Lipinski definition) is 3. The van der Waals surface area contributed by atoms with Crippen LogP contribution in [0.1, 0.15) is 53.7 Å². The van der Waals surface area contributed by atoms with Gasteiger partial charge in [-0.2, -0.15) is 0 Å². The van der Waals surface area contributed by atoms with E-state index in [2.05, 4.69) is 92.1 Å². The van der Waals surface area contributed by atoms with Crippen molar-refractivity contribution in [1.82, 2.24) is 10.6 Å². The van der Waals surface area contributed by atoms with E-state index in [1.54, 1.807) is 0 Å². The first-order valence-corrected chi connectivity index (χ1v) is 9.92. The van der Waals surface area contributed by atoms with Crippen LogP contribution in [0.2, 0.25) is 0 Å². The van der Waals surface area contributed by atoms with E-state index >= 15 is 0 Å². The Morgan fingerprint density at radius 1 is 0.714 bits per heavy atom. The molecule has 3 aromatic rings. The Bertz CT molecular complexity index is 807. The van der Waals surface area contributed by atoms with Crippen molar-refractivity contribution in [2.45, 2.75) is 45.9 Å². The van der Waals surface area contributed by atoms with Gasteiger partial charge in [0, 0.05) is 36.3 Å². The number of phenols is 1. The quantitative estimate of drug-likeness (QED) is 0.494. The molecule has 0 spiro atoms. The lowest BCUT2D eigenvalue weighted by Crippen LogP contribution is -2.20. The molecule has 3 aromatic carbocycles. The molecule has 3 N–H and O–H groups in total. The molecule has 2 atom stereocenters. The van der Waals surface area contributed by atoms with Gasteiger partial charge in [0.05, 0.1) is 0 Å². The van der Waals surface area contributed by atoms with Crippen LogP contribution < -0.4 is 10.6 Å². The van der Waals surface area contributed by atoms with Gasteiger partial charge in [-0.05, 0) is 31.9 Å². The molecule has 0 radical (unpaired) electrons. The monoisotopic (exact) mass is 374 g/mol. The number of aromatic hydroxyl groups is 1. The average Bonchev–Trinajstić information content (AvgIpc) is 2.73. The Kier molecular flexibility index (Phi) is 6.85. The molecule has 0 aliphatic rings. The van der Waals surface area contributed by atoms with Crippen molar-refractivity contribution in [3.8, 4) is 5.75 Å². The minimum atomic E-state index is 0.223. The first kappa shape index (κ1) is 20.1. The predicted molar refractivity (Wildman–Crippen MR) is 116 cm³/mol. The van der Waals surface area contributed by atoms with Crippen LogP contribution >= 0.6 is 0 Å². The fraction of sp³-hybridized carbons (Fsp3) is 0.280. The van der Waals surface area contributed by atoms with Gasteiger partial charge in [0.1, 0.15) is 5.75 Å². The topological polar surface area (TPSA) is 44.3 Å². The van der Waals surface area contributed by atoms with Gasteiger partial charge in [0.25, 0.3) is 0 Å². The highest BCUT2D eigenvalue weighted by molar-refractivity contribution is 5.43. The summed E-state index contributed by atoms with van der Waals surface area (Å²) in [6.07, 6.45) is 0. The summed E-state index contributed by atoms with van der Waals surface area (Å²) in [5.41, 5.74) is 5.52. The van der Waals surface area contributed by atoms with Crippen LogP contribution in [0.5, 0.6) is 5.75 Å². The molecule has 0 saturated carbocycles. The maximum atomic E-state index is 10.8. The van der Waals surface area contributed by atoms with E-state index in [1.807, 2.05) is 12.1 Å². The van der Waals surface area contributed by atoms with Crippen molar-refractivity contribution in [3.63, 3.8) is 0 Å². The standard InChI is InChI=1S/C25H30N2O/c1-18-14-23(16-26-19(2)21-10-6-4-7-11-21)25(28)24(15-18)17-27-20(3)22-12-8-5-9-13-22/h4-15,19-20,26-28H,16-17H2,1-3H3/t19-,20+. The average molecular weight is 375 g/mol. The van der Waals surface area contributed by atoms with Crippen LogP contribution in [0, 0.1) is 6.92 Å². The highest BCUT2D eigenvalue weighted by atomic mass is 16.3. The van der Waals surface area contributed by atoms with Gasteiger partial charge in [0.15, 0.2) is 0 Å². The largest absolute Gasteiger partial charge is 0.507 e. The second kappa shape index (κ2) is 9.54. The van der Waals surface area contributed by atoms with Crippen molar-refractivity contribution in [2.24, 2.45) is 0 Å². The molecule has 0 bridgehead atoms. The molecule has 3 rings (SSSR count). The van der Waals surface area contributed by atoms with E-state index in [1.165, 1.54) is 11.1 Å². The molecule has 0 heterocycles. The van der Waals surface area contributed by atoms with Crippen LogP contribution in [0.15, 0.2) is 72.8 Å². The molecule has 0 unspecified atom stereocenters. The maximum Gasteiger partial charge on any atom is 0.124 e. The molecule has 28 heavy (non-hydrogen) atoms. The molecule has 0 aliphatic heterocycles. The Hall–Kier alpha value is -2.62. The summed E-state index contributed by atoms with van der Waals surface area (Å²) in [5, 5.41) is 17.8. The fourth-order valence-corrected chi connectivity index (χ4v) is 3.45. The van der Waals surface area contributed by atoms with E-state index < -0.39 is 0 Å². The van der Waals surface area contributed by atoms with Gasteiger partial charge in [-0.3, -0.25) is 0 Å². The van der Waals surface area contributed by atoms with Crippen LogP contribution in [-0.4, -0.2) is 5.11 Å². The summed E-state index contributed by atoms with van der Waals surface area (Å²) in [5.74, 6) is 0.381. The lowest BCUT2D eigenvalue weighted by Gasteiger charge is -2.18. The van der Waals surface area contributed by atoms with Crippen molar-refractivity contribution in [1.29, 1.82) is 0 Å². The third-order valence-electron chi connectivity index (χ3n) is 5.21. The van der Waals surface area contributed by atoms with E-state index in [-0.39, 0.29) is 12.1 Å². The highest BCUT2D eigenvalue weighted by Gasteiger charge is 2.12. The van der Waals surface area contributed by atoms with Gasteiger partial charge in [0.2, 0.25) is 0 Å². The van der Waals surface area contributed by atoms with Crippen LogP contribution in [0.25, 0.3) is 0 Å². The molecule has 0 fully saturated rings. The molecule has 0 aliphatic carbocycles. The maximum absolute atomic E-state index is 10.8. The van der Waals surface area contributed by atoms with Crippen molar-refractivity contribution in [3.05, 3.63) is 101 Å². The molecule has 0 saturated heterocycles. The third-order valence-corrected chi connectivity index (χ3v) is 5.21. The second-order valence-corrected chi connectivity index (χ2v) is 7.46. The molecule has 3 nitrogen and oxygen atoms in total. The third kappa shape index (κ3) is 5.22. The van der Waals surface area contributed by atoms with Crippen LogP contribution in [0.3, 0.4) is 0 Å². The van der Waals surface area contributed by atoms with Crippen LogP contribution in [0.4, 0.5) is 0 Å². The Balaban J connectivity index is 1.66. The van der Waals surface area contributed by atoms with Gasteiger partial charge < -0.3 is 15.7 Å². The number of benzene rings is 3. The summed E-state index contributed by atoms with van der Waals surface area (Å²) in [7, 11) is 0. The zero-order valence-corrected chi connectivity index (χ0v) is 16.9. The van der Waals surface area contributed by atoms with Gasteiger partial charge >= 0.3 is 0 Å². The zero-order chi connectivity index (χ0) is 19.9. The van der Waals surface area contributed by atoms with Crippen molar-refractivity contribution >= 4 is 0 Å². The predicted octanol–water partition coefficient (Wildman–Crippen LogP) is 5.40. The van der Waals surface area contributed by atoms with E-state index in [9.17, 15) is 5.11 Å². The Labute approximate surface area is 168 Å². The molecule has 0 aromatic heterocycles. The normalized spacial score (nSPS) is 13.2. The lowest BCUT2D eigenvalue weighted by molar-refractivity contribution is 0.446. The number of aryl methyl sites for hydroxylation is 1. The smallest absolute Gasteiger partial charge is 0.124 e. The van der Waals surface area contributed by atoms with Gasteiger partial charge in [-0.1, -0.05) is 78.4 Å². The fourth-order valence-electron chi connectivity index (χ4n) is 3.45. The summed E-state index contributed by atoms with van der Waals surface area (Å²) >= 11 is 0. The first-order chi connectivity index (χ1) is 13.5. The van der Waals surface area contributed by atoms with Gasteiger partial charge in [-0.15, -0.1) is 0 Å². The Morgan fingerprint density at radius 2 is 1.11 bits per heavy atom. The molecule has 0 amide bonds. The van der Waals surface area contributed by atoms with Crippen molar-refractivity contribution < 1.29 is 5.11 Å². The second-order valence-electron chi connectivity index (χ2n) is 7.46. The Morgan fingerprint density at radius 3 is 1.50 bits per heavy atom.